The quantitative estimate of drug-likeness (QED) is 0.794. The Morgan fingerprint density at radius 1 is 1.12 bits per heavy atom. The summed E-state index contributed by atoms with van der Waals surface area (Å²) in [6.07, 6.45) is 1.58. The van der Waals surface area contributed by atoms with Crippen LogP contribution < -0.4 is 10.1 Å². The predicted octanol–water partition coefficient (Wildman–Crippen LogP) is 3.45. The van der Waals surface area contributed by atoms with Crippen LogP contribution in [-0.2, 0) is 9.59 Å². The maximum atomic E-state index is 12.2. The van der Waals surface area contributed by atoms with Crippen molar-refractivity contribution < 1.29 is 14.3 Å². The summed E-state index contributed by atoms with van der Waals surface area (Å²) in [5.74, 6) is 0.737. The second-order valence-electron chi connectivity index (χ2n) is 5.15. The molecule has 2 aromatic rings. The summed E-state index contributed by atoms with van der Waals surface area (Å²) in [6.45, 7) is 5.29. The first-order valence-corrected chi connectivity index (χ1v) is 7.58. The molecule has 0 saturated heterocycles. The van der Waals surface area contributed by atoms with Crippen molar-refractivity contribution in [2.75, 3.05) is 18.4 Å². The van der Waals surface area contributed by atoms with Crippen molar-refractivity contribution in [2.45, 2.75) is 6.92 Å². The van der Waals surface area contributed by atoms with Crippen LogP contribution in [0.3, 0.4) is 0 Å². The van der Waals surface area contributed by atoms with Gasteiger partial charge in [-0.3, -0.25) is 9.59 Å². The normalized spacial score (nSPS) is 9.88. The van der Waals surface area contributed by atoms with Crippen LogP contribution in [0.4, 0.5) is 5.69 Å². The van der Waals surface area contributed by atoms with Gasteiger partial charge in [0.15, 0.2) is 5.75 Å². The summed E-state index contributed by atoms with van der Waals surface area (Å²) >= 11 is 0. The van der Waals surface area contributed by atoms with Gasteiger partial charge in [0.25, 0.3) is 0 Å². The van der Waals surface area contributed by atoms with Crippen LogP contribution in [0, 0.1) is 0 Å². The van der Waals surface area contributed by atoms with Crippen LogP contribution in [0.5, 0.6) is 11.5 Å². The van der Waals surface area contributed by atoms with Crippen LogP contribution in [0.15, 0.2) is 67.3 Å². The molecule has 0 saturated carbocycles. The molecular weight excluding hydrogens is 304 g/mol. The molecular formula is C19H20N2O3. The topological polar surface area (TPSA) is 58.6 Å². The van der Waals surface area contributed by atoms with Crippen molar-refractivity contribution >= 4 is 17.5 Å². The SMILES string of the molecule is C=CCN(CC(=O)Nc1ccccc1Oc1ccccc1)C(C)=O. The average molecular weight is 324 g/mol. The number of ether oxygens (including phenoxy) is 1. The standard InChI is InChI=1S/C19H20N2O3/c1-3-13-21(15(2)22)14-19(23)20-17-11-7-8-12-18(17)24-16-9-5-4-6-10-16/h3-12H,1,13-14H2,2H3,(H,20,23). The van der Waals surface area contributed by atoms with Crippen molar-refractivity contribution in [1.29, 1.82) is 0 Å². The fourth-order valence-electron chi connectivity index (χ4n) is 2.10. The summed E-state index contributed by atoms with van der Waals surface area (Å²) in [4.78, 5) is 25.1. The molecule has 5 nitrogen and oxygen atoms in total. The average Bonchev–Trinajstić information content (AvgIpc) is 2.57. The fourth-order valence-corrected chi connectivity index (χ4v) is 2.10. The van der Waals surface area contributed by atoms with E-state index in [2.05, 4.69) is 11.9 Å². The van der Waals surface area contributed by atoms with Gasteiger partial charge in [-0.25, -0.2) is 0 Å². The van der Waals surface area contributed by atoms with Gasteiger partial charge in [-0.05, 0) is 24.3 Å². The number of hydrogen-bond acceptors (Lipinski definition) is 3. The highest BCUT2D eigenvalue weighted by atomic mass is 16.5. The second kappa shape index (κ2) is 8.53. The third-order valence-corrected chi connectivity index (χ3v) is 3.26. The molecule has 0 radical (unpaired) electrons. The predicted molar refractivity (Wildman–Crippen MR) is 94.0 cm³/mol. The highest BCUT2D eigenvalue weighted by Gasteiger charge is 2.14. The van der Waals surface area contributed by atoms with E-state index in [1.165, 1.54) is 11.8 Å². The van der Waals surface area contributed by atoms with Gasteiger partial charge in [-0.15, -0.1) is 6.58 Å². The third kappa shape index (κ3) is 4.98. The Balaban J connectivity index is 2.08. The molecule has 0 aliphatic rings. The van der Waals surface area contributed by atoms with Gasteiger partial charge >= 0.3 is 0 Å². The molecule has 2 aromatic carbocycles. The molecule has 24 heavy (non-hydrogen) atoms. The van der Waals surface area contributed by atoms with E-state index in [1.807, 2.05) is 36.4 Å². The van der Waals surface area contributed by atoms with Gasteiger partial charge in [0, 0.05) is 13.5 Å². The molecule has 124 valence electrons. The molecule has 0 aromatic heterocycles. The number of benzene rings is 2. The number of carbonyl (C=O) groups excluding carboxylic acids is 2. The lowest BCUT2D eigenvalue weighted by atomic mass is 10.2. The zero-order valence-electron chi connectivity index (χ0n) is 13.6. The fraction of sp³-hybridized carbons (Fsp3) is 0.158. The van der Waals surface area contributed by atoms with Crippen LogP contribution in [0.25, 0.3) is 0 Å². The molecule has 0 aliphatic heterocycles. The number of nitrogens with one attached hydrogen (secondary N) is 1. The van der Waals surface area contributed by atoms with Crippen molar-refractivity contribution in [3.63, 3.8) is 0 Å². The van der Waals surface area contributed by atoms with Crippen LogP contribution in [0.2, 0.25) is 0 Å². The Bertz CT molecular complexity index is 714. The number of carbonyl (C=O) groups is 2. The van der Waals surface area contributed by atoms with Gasteiger partial charge in [-0.2, -0.15) is 0 Å². The number of nitrogens with zero attached hydrogens (tertiary/aromatic N) is 1. The monoisotopic (exact) mass is 324 g/mol. The third-order valence-electron chi connectivity index (χ3n) is 3.26. The van der Waals surface area contributed by atoms with E-state index >= 15 is 0 Å². The van der Waals surface area contributed by atoms with Gasteiger partial charge in [-0.1, -0.05) is 36.4 Å². The van der Waals surface area contributed by atoms with E-state index < -0.39 is 0 Å². The minimum absolute atomic E-state index is 0.0407. The first-order valence-electron chi connectivity index (χ1n) is 7.58. The van der Waals surface area contributed by atoms with E-state index in [0.29, 0.717) is 23.7 Å². The van der Waals surface area contributed by atoms with Crippen LogP contribution in [-0.4, -0.2) is 29.8 Å². The molecule has 0 fully saturated rings. The van der Waals surface area contributed by atoms with Crippen LogP contribution in [0.1, 0.15) is 6.92 Å². The van der Waals surface area contributed by atoms with Gasteiger partial charge < -0.3 is 15.0 Å². The highest BCUT2D eigenvalue weighted by molar-refractivity contribution is 5.95. The lowest BCUT2D eigenvalue weighted by molar-refractivity contribution is -0.132. The molecule has 0 unspecified atom stereocenters. The molecule has 0 bridgehead atoms. The van der Waals surface area contributed by atoms with E-state index in [1.54, 1.807) is 24.3 Å². The number of rotatable bonds is 7. The molecule has 0 heterocycles. The first kappa shape index (κ1) is 17.3. The lowest BCUT2D eigenvalue weighted by Crippen LogP contribution is -2.36. The van der Waals surface area contributed by atoms with E-state index in [9.17, 15) is 9.59 Å². The molecule has 0 spiro atoms. The molecule has 2 amide bonds. The lowest BCUT2D eigenvalue weighted by Gasteiger charge is -2.19. The molecule has 5 heteroatoms. The number of hydrogen-bond donors (Lipinski definition) is 1. The van der Waals surface area contributed by atoms with Gasteiger partial charge in [0.1, 0.15) is 12.3 Å². The highest BCUT2D eigenvalue weighted by Crippen LogP contribution is 2.28. The Morgan fingerprint density at radius 2 is 1.79 bits per heavy atom. The summed E-state index contributed by atoms with van der Waals surface area (Å²) in [7, 11) is 0. The Morgan fingerprint density at radius 3 is 2.46 bits per heavy atom. The van der Waals surface area contributed by atoms with Gasteiger partial charge in [0.05, 0.1) is 5.69 Å². The summed E-state index contributed by atoms with van der Waals surface area (Å²) in [5, 5.41) is 2.78. The van der Waals surface area contributed by atoms with Crippen molar-refractivity contribution in [2.24, 2.45) is 0 Å². The Labute approximate surface area is 141 Å². The maximum absolute atomic E-state index is 12.2. The summed E-state index contributed by atoms with van der Waals surface area (Å²) in [6, 6.07) is 16.5. The summed E-state index contributed by atoms with van der Waals surface area (Å²) < 4.78 is 5.80. The van der Waals surface area contributed by atoms with E-state index in [0.717, 1.165) is 0 Å². The molecule has 0 atom stereocenters. The largest absolute Gasteiger partial charge is 0.455 e. The minimum atomic E-state index is -0.295. The maximum Gasteiger partial charge on any atom is 0.244 e. The van der Waals surface area contributed by atoms with E-state index in [4.69, 9.17) is 4.74 Å². The Kier molecular flexibility index (Phi) is 6.14. The zero-order valence-corrected chi connectivity index (χ0v) is 13.6. The first-order chi connectivity index (χ1) is 11.6. The zero-order chi connectivity index (χ0) is 17.4. The molecule has 2 rings (SSSR count). The second-order valence-corrected chi connectivity index (χ2v) is 5.15. The number of amides is 2. The smallest absolute Gasteiger partial charge is 0.244 e. The Hall–Kier alpha value is -3.08. The van der Waals surface area contributed by atoms with Gasteiger partial charge in [0.2, 0.25) is 11.8 Å². The van der Waals surface area contributed by atoms with Crippen molar-refractivity contribution in [3.8, 4) is 11.5 Å². The van der Waals surface area contributed by atoms with Crippen LogP contribution >= 0.6 is 0 Å². The number of para-hydroxylation sites is 3. The van der Waals surface area contributed by atoms with E-state index in [-0.39, 0.29) is 18.4 Å². The molecule has 1 N–H and O–H groups in total. The molecule has 0 aliphatic carbocycles. The summed E-state index contributed by atoms with van der Waals surface area (Å²) in [5.41, 5.74) is 0.549. The van der Waals surface area contributed by atoms with Crippen molar-refractivity contribution in [3.05, 3.63) is 67.3 Å². The van der Waals surface area contributed by atoms with Crippen molar-refractivity contribution in [1.82, 2.24) is 4.90 Å². The minimum Gasteiger partial charge on any atom is -0.455 e. The number of anilines is 1.